The minimum absolute atomic E-state index is 0.175. The summed E-state index contributed by atoms with van der Waals surface area (Å²) in [5.41, 5.74) is 0.566. The largest absolute Gasteiger partial charge is 0.477 e. The van der Waals surface area contributed by atoms with Crippen LogP contribution in [0.3, 0.4) is 0 Å². The summed E-state index contributed by atoms with van der Waals surface area (Å²) < 4.78 is 0. The number of hydrogen-bond acceptors (Lipinski definition) is 5. The standard InChI is InChI=1S/C15H14N2O5S/c18-6-9-7-23-14-10(13(20)17(14)11(9)15(21)22)16-12(19)8-4-2-1-3-5-8/h1-5,10,14,18H,6-7H2,(H,16,19)(H,21,22)/t10-,14+/m0/s1. The molecule has 1 aromatic carbocycles. The van der Waals surface area contributed by atoms with Gasteiger partial charge in [0, 0.05) is 11.3 Å². The SMILES string of the molecule is O=C(O)C1=C(CO)CS[C@@H]2[C@@H](NC(=O)c3ccccc3)C(=O)N12. The number of rotatable bonds is 4. The maximum Gasteiger partial charge on any atom is 0.352 e. The number of aliphatic hydroxyl groups excluding tert-OH is 1. The first-order valence-electron chi connectivity index (χ1n) is 6.91. The summed E-state index contributed by atoms with van der Waals surface area (Å²) in [6, 6.07) is 7.73. The number of carboxylic acids is 1. The molecule has 0 unspecified atom stereocenters. The molecule has 2 atom stereocenters. The number of carbonyl (C=O) groups excluding carboxylic acids is 2. The second-order valence-electron chi connectivity index (χ2n) is 5.14. The molecule has 1 aromatic rings. The van der Waals surface area contributed by atoms with Crippen molar-refractivity contribution in [3.8, 4) is 0 Å². The van der Waals surface area contributed by atoms with Crippen molar-refractivity contribution in [3.05, 3.63) is 47.2 Å². The summed E-state index contributed by atoms with van der Waals surface area (Å²) >= 11 is 1.33. The van der Waals surface area contributed by atoms with Gasteiger partial charge < -0.3 is 15.5 Å². The Labute approximate surface area is 136 Å². The van der Waals surface area contributed by atoms with Crippen LogP contribution in [0, 0.1) is 0 Å². The molecule has 3 N–H and O–H groups in total. The maximum atomic E-state index is 12.3. The molecule has 8 heteroatoms. The van der Waals surface area contributed by atoms with Crippen LogP contribution in [0.2, 0.25) is 0 Å². The van der Waals surface area contributed by atoms with Crippen molar-refractivity contribution in [1.29, 1.82) is 0 Å². The topological polar surface area (TPSA) is 107 Å². The van der Waals surface area contributed by atoms with Crippen LogP contribution in [0.4, 0.5) is 0 Å². The second kappa shape index (κ2) is 6.05. The van der Waals surface area contributed by atoms with Crippen molar-refractivity contribution in [2.45, 2.75) is 11.4 Å². The van der Waals surface area contributed by atoms with Crippen molar-refractivity contribution in [1.82, 2.24) is 10.2 Å². The molecule has 0 aliphatic carbocycles. The molecular weight excluding hydrogens is 320 g/mol. The van der Waals surface area contributed by atoms with E-state index in [2.05, 4.69) is 5.32 Å². The van der Waals surface area contributed by atoms with Crippen LogP contribution in [0.25, 0.3) is 0 Å². The fourth-order valence-electron chi connectivity index (χ4n) is 2.62. The van der Waals surface area contributed by atoms with Gasteiger partial charge in [-0.25, -0.2) is 4.79 Å². The zero-order chi connectivity index (χ0) is 16.6. The Hall–Kier alpha value is -2.32. The van der Waals surface area contributed by atoms with Crippen LogP contribution < -0.4 is 5.32 Å². The lowest BCUT2D eigenvalue weighted by Gasteiger charge is -2.49. The highest BCUT2D eigenvalue weighted by Gasteiger charge is 2.54. The fraction of sp³-hybridized carbons (Fsp3) is 0.267. The van der Waals surface area contributed by atoms with E-state index in [1.165, 1.54) is 11.8 Å². The van der Waals surface area contributed by atoms with Gasteiger partial charge in [0.2, 0.25) is 0 Å². The summed E-state index contributed by atoms with van der Waals surface area (Å²) in [7, 11) is 0. The monoisotopic (exact) mass is 334 g/mol. The highest BCUT2D eigenvalue weighted by atomic mass is 32.2. The van der Waals surface area contributed by atoms with E-state index in [0.29, 0.717) is 16.9 Å². The molecule has 0 spiro atoms. The summed E-state index contributed by atoms with van der Waals surface area (Å²) in [6.45, 7) is -0.411. The van der Waals surface area contributed by atoms with Gasteiger partial charge in [-0.3, -0.25) is 14.5 Å². The van der Waals surface area contributed by atoms with Gasteiger partial charge in [0.25, 0.3) is 11.8 Å². The third-order valence-electron chi connectivity index (χ3n) is 3.76. The Kier molecular flexibility index (Phi) is 4.10. The van der Waals surface area contributed by atoms with Gasteiger partial charge in [-0.05, 0) is 17.7 Å². The first-order valence-corrected chi connectivity index (χ1v) is 7.96. The predicted octanol–water partition coefficient (Wildman–Crippen LogP) is 0.0311. The molecule has 3 rings (SSSR count). The number of hydrogen-bond donors (Lipinski definition) is 3. The molecule has 0 radical (unpaired) electrons. The number of nitrogens with one attached hydrogen (secondary N) is 1. The molecule has 120 valence electrons. The van der Waals surface area contributed by atoms with E-state index >= 15 is 0 Å². The molecule has 2 aliphatic heterocycles. The van der Waals surface area contributed by atoms with Gasteiger partial charge in [0.05, 0.1) is 6.61 Å². The molecule has 0 bridgehead atoms. The molecule has 2 amide bonds. The normalized spacial score (nSPS) is 23.2. The van der Waals surface area contributed by atoms with Crippen LogP contribution in [-0.2, 0) is 9.59 Å². The molecule has 0 saturated carbocycles. The van der Waals surface area contributed by atoms with Crippen molar-refractivity contribution in [2.75, 3.05) is 12.4 Å². The lowest BCUT2D eigenvalue weighted by Crippen LogP contribution is -2.70. The summed E-state index contributed by atoms with van der Waals surface area (Å²) in [5, 5.41) is 20.7. The highest BCUT2D eigenvalue weighted by molar-refractivity contribution is 8.00. The Morgan fingerprint density at radius 3 is 2.61 bits per heavy atom. The zero-order valence-electron chi connectivity index (χ0n) is 11.9. The zero-order valence-corrected chi connectivity index (χ0v) is 12.7. The van der Waals surface area contributed by atoms with Gasteiger partial charge in [0.1, 0.15) is 17.1 Å². The van der Waals surface area contributed by atoms with Crippen LogP contribution in [0.1, 0.15) is 10.4 Å². The quantitative estimate of drug-likeness (QED) is 0.671. The van der Waals surface area contributed by atoms with Gasteiger partial charge in [0.15, 0.2) is 0 Å². The van der Waals surface area contributed by atoms with E-state index in [1.807, 2.05) is 0 Å². The number of nitrogens with zero attached hydrogens (tertiary/aromatic N) is 1. The number of fused-ring (bicyclic) bond motifs is 1. The number of amides is 2. The lowest BCUT2D eigenvalue weighted by atomic mass is 10.0. The van der Waals surface area contributed by atoms with E-state index in [-0.39, 0.29) is 11.6 Å². The maximum absolute atomic E-state index is 12.3. The van der Waals surface area contributed by atoms with Crippen LogP contribution in [0.5, 0.6) is 0 Å². The second-order valence-corrected chi connectivity index (χ2v) is 6.25. The molecule has 1 fully saturated rings. The van der Waals surface area contributed by atoms with E-state index in [9.17, 15) is 24.6 Å². The number of benzene rings is 1. The van der Waals surface area contributed by atoms with Gasteiger partial charge >= 0.3 is 5.97 Å². The van der Waals surface area contributed by atoms with Crippen LogP contribution >= 0.6 is 11.8 Å². The molecule has 2 heterocycles. The summed E-state index contributed by atoms with van der Waals surface area (Å²) in [6.07, 6.45) is 0. The number of β-lactam (4-membered cyclic amide) rings is 1. The molecule has 0 aromatic heterocycles. The third kappa shape index (κ3) is 2.60. The van der Waals surface area contributed by atoms with Gasteiger partial charge in [-0.1, -0.05) is 18.2 Å². The highest BCUT2D eigenvalue weighted by Crippen LogP contribution is 2.40. The van der Waals surface area contributed by atoms with E-state index < -0.39 is 29.9 Å². The number of thioether (sulfide) groups is 1. The summed E-state index contributed by atoms with van der Waals surface area (Å²) in [5.74, 6) is -1.79. The predicted molar refractivity (Wildman–Crippen MR) is 82.5 cm³/mol. The smallest absolute Gasteiger partial charge is 0.352 e. The third-order valence-corrected chi connectivity index (χ3v) is 5.10. The minimum atomic E-state index is -1.25. The molecule has 2 aliphatic rings. The number of carboxylic acid groups (broad SMARTS) is 1. The average Bonchev–Trinajstić information content (AvgIpc) is 2.58. The first-order chi connectivity index (χ1) is 11.0. The van der Waals surface area contributed by atoms with Crippen LogP contribution in [0.15, 0.2) is 41.6 Å². The van der Waals surface area contributed by atoms with Crippen molar-refractivity contribution >= 4 is 29.5 Å². The first kappa shape index (κ1) is 15.6. The average molecular weight is 334 g/mol. The van der Waals surface area contributed by atoms with Gasteiger partial charge in [-0.2, -0.15) is 0 Å². The van der Waals surface area contributed by atoms with Crippen LogP contribution in [-0.4, -0.2) is 56.7 Å². The fourth-order valence-corrected chi connectivity index (χ4v) is 3.95. The number of carbonyl (C=O) groups is 3. The van der Waals surface area contributed by atoms with E-state index in [0.717, 1.165) is 4.90 Å². The Morgan fingerprint density at radius 2 is 2.00 bits per heavy atom. The molecule has 7 nitrogen and oxygen atoms in total. The van der Waals surface area contributed by atoms with Crippen molar-refractivity contribution in [3.63, 3.8) is 0 Å². The van der Waals surface area contributed by atoms with Crippen molar-refractivity contribution < 1.29 is 24.6 Å². The minimum Gasteiger partial charge on any atom is -0.477 e. The molecular formula is C15H14N2O5S. The molecule has 23 heavy (non-hydrogen) atoms. The summed E-state index contributed by atoms with van der Waals surface area (Å²) in [4.78, 5) is 36.9. The lowest BCUT2D eigenvalue weighted by molar-refractivity contribution is -0.148. The number of aliphatic carboxylic acids is 1. The van der Waals surface area contributed by atoms with E-state index in [1.54, 1.807) is 30.3 Å². The van der Waals surface area contributed by atoms with E-state index in [4.69, 9.17) is 0 Å². The van der Waals surface area contributed by atoms with Gasteiger partial charge in [-0.15, -0.1) is 11.8 Å². The Morgan fingerprint density at radius 1 is 1.30 bits per heavy atom. The number of aliphatic hydroxyl groups is 1. The Bertz CT molecular complexity index is 703. The van der Waals surface area contributed by atoms with Crippen molar-refractivity contribution in [2.24, 2.45) is 0 Å². The molecule has 1 saturated heterocycles. The Balaban J connectivity index is 1.77.